The number of benzene rings is 1. The zero-order valence-corrected chi connectivity index (χ0v) is 12.1. The number of rotatable bonds is 3. The lowest BCUT2D eigenvalue weighted by atomic mass is 10.00. The third kappa shape index (κ3) is 3.10. The first-order chi connectivity index (χ1) is 8.25. The summed E-state index contributed by atoms with van der Waals surface area (Å²) in [7, 11) is 0. The molecule has 98 valence electrons. The monoisotopic (exact) mass is 307 g/mol. The van der Waals surface area contributed by atoms with Crippen molar-refractivity contribution < 1.29 is 9.90 Å². The first-order valence-electron chi connectivity index (χ1n) is 5.13. The predicted molar refractivity (Wildman–Crippen MR) is 76.3 cm³/mol. The number of anilines is 1. The normalized spacial score (nSPS) is 12.0. The van der Waals surface area contributed by atoms with Gasteiger partial charge in [-0.25, -0.2) is 4.79 Å². The second kappa shape index (κ2) is 5.83. The number of hydrogen-bond donors (Lipinski definition) is 2. The number of carbonyl (C=O) groups is 1. The minimum Gasteiger partial charge on any atom is -0.478 e. The lowest BCUT2D eigenvalue weighted by Gasteiger charge is -2.11. The van der Waals surface area contributed by atoms with Crippen molar-refractivity contribution in [2.45, 2.75) is 13.8 Å². The molecule has 0 amide bonds. The highest BCUT2D eigenvalue weighted by Gasteiger charge is 2.16. The van der Waals surface area contributed by atoms with E-state index in [4.69, 9.17) is 45.6 Å². The molecule has 0 heterocycles. The van der Waals surface area contributed by atoms with Crippen LogP contribution in [0.5, 0.6) is 0 Å². The molecule has 0 atom stereocenters. The van der Waals surface area contributed by atoms with Gasteiger partial charge in [0.25, 0.3) is 0 Å². The molecule has 1 aromatic rings. The van der Waals surface area contributed by atoms with Crippen molar-refractivity contribution >= 4 is 52.5 Å². The molecule has 0 aliphatic rings. The highest BCUT2D eigenvalue weighted by Crippen LogP contribution is 2.37. The molecule has 0 unspecified atom stereocenters. The van der Waals surface area contributed by atoms with Crippen LogP contribution in [0.1, 0.15) is 19.4 Å². The molecule has 0 aromatic heterocycles. The molecule has 3 N–H and O–H groups in total. The minimum absolute atomic E-state index is 0.159. The van der Waals surface area contributed by atoms with Gasteiger partial charge in [-0.2, -0.15) is 0 Å². The molecular weight excluding hydrogens is 296 g/mol. The van der Waals surface area contributed by atoms with Crippen molar-refractivity contribution in [3.63, 3.8) is 0 Å². The van der Waals surface area contributed by atoms with E-state index in [0.29, 0.717) is 5.56 Å². The van der Waals surface area contributed by atoms with Crippen LogP contribution in [-0.4, -0.2) is 11.1 Å². The summed E-state index contributed by atoms with van der Waals surface area (Å²) < 4.78 is 0. The standard InChI is InChI=1S/C12H12Cl3NO2/c1-5(2)6(12(17)18)3-7-8(13)4-9(14)11(16)10(7)15/h3-5H,16H2,1-2H3,(H,17,18). The number of nitrogen functional groups attached to an aromatic ring is 1. The van der Waals surface area contributed by atoms with E-state index < -0.39 is 5.97 Å². The quantitative estimate of drug-likeness (QED) is 0.644. The Morgan fingerprint density at radius 2 is 1.89 bits per heavy atom. The smallest absolute Gasteiger partial charge is 0.331 e. The lowest BCUT2D eigenvalue weighted by molar-refractivity contribution is -0.133. The molecule has 0 aliphatic carbocycles. The first kappa shape index (κ1) is 15.2. The second-order valence-corrected chi connectivity index (χ2v) is 5.23. The van der Waals surface area contributed by atoms with Gasteiger partial charge in [0.2, 0.25) is 0 Å². The van der Waals surface area contributed by atoms with Crippen molar-refractivity contribution in [3.05, 3.63) is 32.3 Å². The summed E-state index contributed by atoms with van der Waals surface area (Å²) in [6.45, 7) is 3.53. The zero-order valence-electron chi connectivity index (χ0n) is 9.80. The van der Waals surface area contributed by atoms with Gasteiger partial charge in [0, 0.05) is 11.1 Å². The van der Waals surface area contributed by atoms with Crippen molar-refractivity contribution in [1.82, 2.24) is 0 Å². The number of halogens is 3. The Kier molecular flexibility index (Phi) is 4.91. The zero-order chi connectivity index (χ0) is 14.0. The molecule has 3 nitrogen and oxygen atoms in total. The molecule has 18 heavy (non-hydrogen) atoms. The topological polar surface area (TPSA) is 63.3 Å². The van der Waals surface area contributed by atoms with E-state index in [1.807, 2.05) is 0 Å². The van der Waals surface area contributed by atoms with Crippen molar-refractivity contribution in [1.29, 1.82) is 0 Å². The molecule has 0 saturated heterocycles. The van der Waals surface area contributed by atoms with Crippen molar-refractivity contribution in [2.24, 2.45) is 5.92 Å². The third-order valence-electron chi connectivity index (χ3n) is 2.41. The molecule has 0 fully saturated rings. The van der Waals surface area contributed by atoms with Crippen LogP contribution >= 0.6 is 34.8 Å². The van der Waals surface area contributed by atoms with Gasteiger partial charge in [0.05, 0.1) is 20.8 Å². The van der Waals surface area contributed by atoms with Crippen molar-refractivity contribution in [3.8, 4) is 0 Å². The third-order valence-corrected chi connectivity index (χ3v) is 3.44. The summed E-state index contributed by atoms with van der Waals surface area (Å²) in [5.74, 6) is -1.20. The van der Waals surface area contributed by atoms with Crippen LogP contribution in [0.15, 0.2) is 11.6 Å². The maximum atomic E-state index is 11.1. The van der Waals surface area contributed by atoms with Gasteiger partial charge in [-0.15, -0.1) is 0 Å². The Balaban J connectivity index is 3.47. The number of nitrogens with two attached hydrogens (primary N) is 1. The molecule has 0 aliphatic heterocycles. The molecule has 0 saturated carbocycles. The fourth-order valence-corrected chi connectivity index (χ4v) is 2.26. The highest BCUT2D eigenvalue weighted by atomic mass is 35.5. The molecule has 0 bridgehead atoms. The van der Waals surface area contributed by atoms with Crippen LogP contribution < -0.4 is 5.73 Å². The van der Waals surface area contributed by atoms with Crippen LogP contribution in [0.2, 0.25) is 15.1 Å². The van der Waals surface area contributed by atoms with Gasteiger partial charge in [0.15, 0.2) is 0 Å². The van der Waals surface area contributed by atoms with Gasteiger partial charge in [-0.3, -0.25) is 0 Å². The number of carboxylic acid groups (broad SMARTS) is 1. The van der Waals surface area contributed by atoms with Crippen LogP contribution in [0, 0.1) is 5.92 Å². The molecule has 0 spiro atoms. The van der Waals surface area contributed by atoms with Gasteiger partial charge in [0.1, 0.15) is 0 Å². The van der Waals surface area contributed by atoms with E-state index in [2.05, 4.69) is 0 Å². The fourth-order valence-electron chi connectivity index (χ4n) is 1.38. The van der Waals surface area contributed by atoms with Crippen molar-refractivity contribution in [2.75, 3.05) is 5.73 Å². The summed E-state index contributed by atoms with van der Waals surface area (Å²) in [4.78, 5) is 11.1. The van der Waals surface area contributed by atoms with E-state index in [1.165, 1.54) is 12.1 Å². The van der Waals surface area contributed by atoms with Gasteiger partial charge in [-0.1, -0.05) is 48.7 Å². The number of carboxylic acids is 1. The highest BCUT2D eigenvalue weighted by molar-refractivity contribution is 6.43. The van der Waals surface area contributed by atoms with E-state index in [0.717, 1.165) is 0 Å². The summed E-state index contributed by atoms with van der Waals surface area (Å²) in [6, 6.07) is 1.44. The minimum atomic E-state index is -1.02. The predicted octanol–water partition coefficient (Wildman–Crippen LogP) is 4.35. The molecule has 1 aromatic carbocycles. The number of aliphatic carboxylic acids is 1. The lowest BCUT2D eigenvalue weighted by Crippen LogP contribution is -2.07. The van der Waals surface area contributed by atoms with Crippen LogP contribution in [0.3, 0.4) is 0 Å². The van der Waals surface area contributed by atoms with E-state index in [-0.39, 0.29) is 32.2 Å². The Bertz CT molecular complexity index is 525. The van der Waals surface area contributed by atoms with Gasteiger partial charge < -0.3 is 10.8 Å². The summed E-state index contributed by atoms with van der Waals surface area (Å²) in [5.41, 5.74) is 6.43. The maximum absolute atomic E-state index is 11.1. The molecule has 0 radical (unpaired) electrons. The van der Waals surface area contributed by atoms with E-state index in [9.17, 15) is 4.79 Å². The Labute approximate surface area is 120 Å². The second-order valence-electron chi connectivity index (χ2n) is 4.04. The number of hydrogen-bond acceptors (Lipinski definition) is 2. The Morgan fingerprint density at radius 1 is 1.33 bits per heavy atom. The van der Waals surface area contributed by atoms with Crippen LogP contribution in [-0.2, 0) is 4.79 Å². The average Bonchev–Trinajstić information content (AvgIpc) is 2.25. The van der Waals surface area contributed by atoms with E-state index in [1.54, 1.807) is 13.8 Å². The molecule has 6 heteroatoms. The van der Waals surface area contributed by atoms with E-state index >= 15 is 0 Å². The molecule has 1 rings (SSSR count). The summed E-state index contributed by atoms with van der Waals surface area (Å²) >= 11 is 17.8. The largest absolute Gasteiger partial charge is 0.478 e. The van der Waals surface area contributed by atoms with Crippen LogP contribution in [0.4, 0.5) is 5.69 Å². The van der Waals surface area contributed by atoms with Gasteiger partial charge >= 0.3 is 5.97 Å². The maximum Gasteiger partial charge on any atom is 0.331 e. The molecular formula is C12H12Cl3NO2. The first-order valence-corrected chi connectivity index (χ1v) is 6.27. The average molecular weight is 309 g/mol. The summed E-state index contributed by atoms with van der Waals surface area (Å²) in [5, 5.41) is 9.76. The van der Waals surface area contributed by atoms with Crippen LogP contribution in [0.25, 0.3) is 6.08 Å². The van der Waals surface area contributed by atoms with Gasteiger partial charge in [-0.05, 0) is 18.1 Å². The Hall–Kier alpha value is -0.900. The summed E-state index contributed by atoms with van der Waals surface area (Å²) in [6.07, 6.45) is 1.42. The SMILES string of the molecule is CC(C)C(=Cc1c(Cl)cc(Cl)c(N)c1Cl)C(=O)O. The Morgan fingerprint density at radius 3 is 2.33 bits per heavy atom. The fraction of sp³-hybridized carbons (Fsp3) is 0.250.